The summed E-state index contributed by atoms with van der Waals surface area (Å²) in [7, 11) is 0. The van der Waals surface area contributed by atoms with Gasteiger partial charge in [-0.25, -0.2) is 0 Å². The van der Waals surface area contributed by atoms with E-state index in [1.54, 1.807) is 0 Å². The predicted molar refractivity (Wildman–Crippen MR) is 5.75 cm³/mol. The van der Waals surface area contributed by atoms with E-state index in [2.05, 4.69) is 0 Å². The van der Waals surface area contributed by atoms with E-state index in [1.807, 2.05) is 0 Å². The summed E-state index contributed by atoms with van der Waals surface area (Å²) in [6.07, 6.45) is 0. The van der Waals surface area contributed by atoms with Crippen LogP contribution in [-0.4, -0.2) is 18.9 Å². The van der Waals surface area contributed by atoms with Crippen LogP contribution in [0.25, 0.3) is 0 Å². The molecule has 0 saturated heterocycles. The summed E-state index contributed by atoms with van der Waals surface area (Å²) in [5.74, 6) is 0. The van der Waals surface area contributed by atoms with Gasteiger partial charge in [-0.2, -0.15) is 0 Å². The summed E-state index contributed by atoms with van der Waals surface area (Å²) in [6, 6.07) is 0. The van der Waals surface area contributed by atoms with Crippen LogP contribution in [0.15, 0.2) is 0 Å². The van der Waals surface area contributed by atoms with Crippen molar-refractivity contribution in [1.82, 2.24) is 0 Å². The van der Waals surface area contributed by atoms with Crippen molar-refractivity contribution in [2.45, 2.75) is 0 Å². The first kappa shape index (κ1) is 48.4. The van der Waals surface area contributed by atoms with Gasteiger partial charge in [0.05, 0.1) is 0 Å². The normalized spacial score (nSPS) is 0. The molecule has 0 fully saturated rings. The number of hydrogen-bond acceptors (Lipinski definition) is 0. The predicted octanol–water partition coefficient (Wildman–Crippen LogP) is -0.391. The van der Waals surface area contributed by atoms with E-state index in [4.69, 9.17) is 0 Å². The first-order chi connectivity index (χ1) is 0. The van der Waals surface area contributed by atoms with Crippen LogP contribution in [0.5, 0.6) is 0 Å². The molecule has 0 aromatic carbocycles. The minimum absolute atomic E-state index is 0. The molecule has 0 atom stereocenters. The first-order valence-corrected chi connectivity index (χ1v) is 0. The van der Waals surface area contributed by atoms with Crippen molar-refractivity contribution in [3.05, 3.63) is 0 Å². The fourth-order valence-corrected chi connectivity index (χ4v) is 0. The molecule has 0 aliphatic heterocycles. The Labute approximate surface area is 85.2 Å². The molecule has 0 bridgehead atoms. The molecule has 5 heavy (non-hydrogen) atoms. The second kappa shape index (κ2) is 30.3. The summed E-state index contributed by atoms with van der Waals surface area (Å²) in [6.45, 7) is 0. The minimum Gasteiger partial charge on any atom is 0 e. The average Bonchev–Trinajstić information content (AvgIpc) is 0. The van der Waals surface area contributed by atoms with E-state index in [0.717, 1.165) is 0 Å². The van der Waals surface area contributed by atoms with Crippen LogP contribution in [0.2, 0.25) is 0 Å². The van der Waals surface area contributed by atoms with Crippen molar-refractivity contribution in [2.75, 3.05) is 0 Å². The van der Waals surface area contributed by atoms with Gasteiger partial charge in [-0.05, 0) is 0 Å². The van der Waals surface area contributed by atoms with Crippen LogP contribution < -0.4 is 0 Å². The van der Waals surface area contributed by atoms with Gasteiger partial charge < -0.3 is 0 Å². The molecule has 0 spiro atoms. The van der Waals surface area contributed by atoms with E-state index < -0.39 is 0 Å². The van der Waals surface area contributed by atoms with Crippen molar-refractivity contribution in [1.29, 1.82) is 0 Å². The largest absolute Gasteiger partial charge is 0 e. The zero-order valence-corrected chi connectivity index (χ0v) is 6.69. The van der Waals surface area contributed by atoms with E-state index in [1.165, 1.54) is 0 Å². The van der Waals surface area contributed by atoms with Crippen molar-refractivity contribution in [3.63, 3.8) is 0 Å². The maximum Gasteiger partial charge on any atom is 0 e. The topological polar surface area (TPSA) is 0 Å². The van der Waals surface area contributed by atoms with E-state index in [0.29, 0.717) is 0 Å². The van der Waals surface area contributed by atoms with Gasteiger partial charge in [0, 0.05) is 86.3 Å². The molecule has 0 aromatic heterocycles. The molecule has 0 heterocycles. The summed E-state index contributed by atoms with van der Waals surface area (Å²) < 4.78 is 0. The maximum absolute atomic E-state index is 0. The molecule has 5 heteroatoms. The number of rotatable bonds is 0. The monoisotopic (exact) mass is 235 g/mol. The Morgan fingerprint density at radius 1 is 1.00 bits per heavy atom. The second-order valence-electron chi connectivity index (χ2n) is 0. The van der Waals surface area contributed by atoms with Gasteiger partial charge in [0.25, 0.3) is 0 Å². The Morgan fingerprint density at radius 3 is 1.00 bits per heavy atom. The molecule has 0 amide bonds. The molecular formula is CoFeLiMnNi. The van der Waals surface area contributed by atoms with Crippen molar-refractivity contribution in [2.24, 2.45) is 0 Å². The van der Waals surface area contributed by atoms with Crippen LogP contribution >= 0.6 is 0 Å². The Bertz CT molecular complexity index is 11.6. The molecule has 0 rings (SSSR count). The molecule has 0 aliphatic rings. The molecule has 0 unspecified atom stereocenters. The quantitative estimate of drug-likeness (QED) is 0.502. The summed E-state index contributed by atoms with van der Waals surface area (Å²) >= 11 is 0. The number of hydrogen-bond donors (Lipinski definition) is 0. The second-order valence-corrected chi connectivity index (χ2v) is 0. The van der Waals surface area contributed by atoms with Gasteiger partial charge in [-0.1, -0.05) is 0 Å². The summed E-state index contributed by atoms with van der Waals surface area (Å²) in [4.78, 5) is 0. The van der Waals surface area contributed by atoms with E-state index in [-0.39, 0.29) is 86.3 Å². The zero-order chi connectivity index (χ0) is 0. The van der Waals surface area contributed by atoms with Crippen LogP contribution in [-0.2, 0) is 67.4 Å². The van der Waals surface area contributed by atoms with Crippen LogP contribution in [0.1, 0.15) is 0 Å². The third-order valence-electron chi connectivity index (χ3n) is 0. The van der Waals surface area contributed by atoms with Crippen LogP contribution in [0.4, 0.5) is 0 Å². The molecule has 0 aromatic rings. The maximum atomic E-state index is 0. The van der Waals surface area contributed by atoms with Gasteiger partial charge in [0.2, 0.25) is 0 Å². The summed E-state index contributed by atoms with van der Waals surface area (Å²) in [5, 5.41) is 0. The van der Waals surface area contributed by atoms with Crippen LogP contribution in [0, 0.1) is 0 Å². The van der Waals surface area contributed by atoms with Crippen molar-refractivity contribution >= 4 is 18.9 Å². The van der Waals surface area contributed by atoms with Crippen molar-refractivity contribution in [3.8, 4) is 0 Å². The fourth-order valence-electron chi connectivity index (χ4n) is 0. The zero-order valence-electron chi connectivity index (χ0n) is 2.38. The molecular weight excluding hydrogens is 235 g/mol. The van der Waals surface area contributed by atoms with Gasteiger partial charge >= 0.3 is 0 Å². The van der Waals surface area contributed by atoms with Crippen molar-refractivity contribution < 1.29 is 67.4 Å². The Kier molecular flexibility index (Phi) is 294. The third kappa shape index (κ3) is 20.5. The average molecular weight is 235 g/mol. The summed E-state index contributed by atoms with van der Waals surface area (Å²) in [5.41, 5.74) is 0. The Hall–Kier alpha value is 2.64. The molecule has 0 aliphatic carbocycles. The fraction of sp³-hybridized carbons (Fsp3) is 0. The van der Waals surface area contributed by atoms with Crippen LogP contribution in [0.3, 0.4) is 0 Å². The van der Waals surface area contributed by atoms with E-state index in [9.17, 15) is 0 Å². The smallest absolute Gasteiger partial charge is 0 e. The third-order valence-corrected chi connectivity index (χ3v) is 0. The van der Waals surface area contributed by atoms with Gasteiger partial charge in [-0.15, -0.1) is 0 Å². The first-order valence-electron chi connectivity index (χ1n) is 0. The standard InChI is InChI=1S/Co.Fe.Li.Mn.Ni. The molecule has 0 nitrogen and oxygen atoms in total. The SMILES string of the molecule is [Co].[Fe].[Li].[Mn].[Ni]. The van der Waals surface area contributed by atoms with Gasteiger partial charge in [0.1, 0.15) is 0 Å². The van der Waals surface area contributed by atoms with Gasteiger partial charge in [-0.3, -0.25) is 0 Å². The minimum atomic E-state index is 0. The Balaban J connectivity index is 0. The Morgan fingerprint density at radius 2 is 1.00 bits per heavy atom. The molecule has 0 N–H and O–H groups in total. The molecule has 0 saturated carbocycles. The van der Waals surface area contributed by atoms with Gasteiger partial charge in [0.15, 0.2) is 0 Å². The van der Waals surface area contributed by atoms with E-state index >= 15 is 0 Å². The molecule has 3 radical (unpaired) electrons. The molecule has 35 valence electrons.